The largest absolute Gasteiger partial charge is 0.313 e. The number of hydrogen-bond donors (Lipinski definition) is 1. The van der Waals surface area contributed by atoms with Crippen molar-refractivity contribution in [2.24, 2.45) is 0 Å². The summed E-state index contributed by atoms with van der Waals surface area (Å²) in [6, 6.07) is 2.25. The van der Waals surface area contributed by atoms with Gasteiger partial charge in [0.15, 0.2) is 5.82 Å². The van der Waals surface area contributed by atoms with E-state index < -0.39 is 11.6 Å². The fourth-order valence-corrected chi connectivity index (χ4v) is 3.91. The molecule has 0 amide bonds. The van der Waals surface area contributed by atoms with Crippen molar-refractivity contribution in [2.45, 2.75) is 58.7 Å². The van der Waals surface area contributed by atoms with Gasteiger partial charge < -0.3 is 5.32 Å². The Balaban J connectivity index is 2.15. The molecule has 2 heterocycles. The van der Waals surface area contributed by atoms with Crippen molar-refractivity contribution in [3.63, 3.8) is 0 Å². The monoisotopic (exact) mass is 378 g/mol. The number of aromatic nitrogens is 2. The zero-order valence-corrected chi connectivity index (χ0v) is 16.3. The smallest absolute Gasteiger partial charge is 0.261 e. The first-order valence-corrected chi connectivity index (χ1v) is 9.83. The maximum absolute atomic E-state index is 14.4. The highest BCUT2D eigenvalue weighted by molar-refractivity contribution is 5.78. The fraction of sp³-hybridized carbons (Fsp3) is 0.600. The first-order valence-electron chi connectivity index (χ1n) is 9.83. The summed E-state index contributed by atoms with van der Waals surface area (Å²) in [5.41, 5.74) is -0.415. The lowest BCUT2D eigenvalue weighted by Gasteiger charge is -2.31. The lowest BCUT2D eigenvalue weighted by atomic mass is 10.1. The van der Waals surface area contributed by atoms with Crippen molar-refractivity contribution in [3.05, 3.63) is 39.9 Å². The molecule has 1 aromatic carbocycles. The van der Waals surface area contributed by atoms with Crippen LogP contribution in [0.25, 0.3) is 10.9 Å². The molecule has 1 N–H and O–H groups in total. The second-order valence-corrected chi connectivity index (χ2v) is 7.29. The molecule has 3 rings (SSSR count). The Labute approximate surface area is 158 Å². The number of halogens is 2. The molecule has 5 nitrogen and oxygen atoms in total. The van der Waals surface area contributed by atoms with Crippen molar-refractivity contribution in [2.75, 3.05) is 19.6 Å². The third-order valence-corrected chi connectivity index (χ3v) is 5.36. The molecule has 2 atom stereocenters. The number of hydrogen-bond acceptors (Lipinski definition) is 4. The summed E-state index contributed by atoms with van der Waals surface area (Å²) < 4.78 is 29.6. The zero-order chi connectivity index (χ0) is 19.6. The first-order chi connectivity index (χ1) is 13.0. The van der Waals surface area contributed by atoms with Crippen molar-refractivity contribution >= 4 is 10.9 Å². The Morgan fingerprint density at radius 2 is 2.07 bits per heavy atom. The number of nitrogens with zero attached hydrogens (tertiary/aromatic N) is 3. The van der Waals surface area contributed by atoms with Gasteiger partial charge >= 0.3 is 0 Å². The summed E-state index contributed by atoms with van der Waals surface area (Å²) in [5.74, 6) is -0.961. The van der Waals surface area contributed by atoms with E-state index in [0.717, 1.165) is 51.0 Å². The lowest BCUT2D eigenvalue weighted by molar-refractivity contribution is 0.184. The molecule has 1 aliphatic rings. The summed E-state index contributed by atoms with van der Waals surface area (Å²) in [6.45, 7) is 9.14. The molecule has 0 aliphatic carbocycles. The highest BCUT2D eigenvalue weighted by Crippen LogP contribution is 2.27. The van der Waals surface area contributed by atoms with Crippen molar-refractivity contribution < 1.29 is 8.78 Å². The predicted octanol–water partition coefficient (Wildman–Crippen LogP) is 3.22. The minimum atomic E-state index is -0.784. The molecule has 1 unspecified atom stereocenters. The van der Waals surface area contributed by atoms with Gasteiger partial charge in [-0.3, -0.25) is 14.3 Å². The van der Waals surface area contributed by atoms with Gasteiger partial charge in [0.05, 0.1) is 11.4 Å². The van der Waals surface area contributed by atoms with Gasteiger partial charge in [0.25, 0.3) is 5.56 Å². The number of nitrogens with one attached hydrogen (secondary N) is 1. The highest BCUT2D eigenvalue weighted by atomic mass is 19.1. The second-order valence-electron chi connectivity index (χ2n) is 7.29. The van der Waals surface area contributed by atoms with Crippen molar-refractivity contribution in [1.29, 1.82) is 0 Å². The van der Waals surface area contributed by atoms with Crippen molar-refractivity contribution in [3.8, 4) is 0 Å². The fourth-order valence-electron chi connectivity index (χ4n) is 3.91. The van der Waals surface area contributed by atoms with Gasteiger partial charge in [-0.1, -0.05) is 13.3 Å². The molecule has 148 valence electrons. The van der Waals surface area contributed by atoms with Crippen LogP contribution in [0, 0.1) is 11.6 Å². The van der Waals surface area contributed by atoms with Gasteiger partial charge in [-0.15, -0.1) is 0 Å². The van der Waals surface area contributed by atoms with Gasteiger partial charge in [-0.05, 0) is 32.8 Å². The van der Waals surface area contributed by atoms with E-state index in [1.54, 1.807) is 4.57 Å². The van der Waals surface area contributed by atoms with Crippen molar-refractivity contribution in [1.82, 2.24) is 19.8 Å². The molecule has 1 fully saturated rings. The van der Waals surface area contributed by atoms with Gasteiger partial charge in [0, 0.05) is 38.3 Å². The molecule has 0 radical (unpaired) electrons. The Hall–Kier alpha value is -1.86. The van der Waals surface area contributed by atoms with Crippen LogP contribution in [0.5, 0.6) is 0 Å². The van der Waals surface area contributed by atoms with Crippen LogP contribution in [0.4, 0.5) is 8.78 Å². The van der Waals surface area contributed by atoms with E-state index in [2.05, 4.69) is 29.0 Å². The zero-order valence-electron chi connectivity index (χ0n) is 16.3. The van der Waals surface area contributed by atoms with Crippen LogP contribution < -0.4 is 10.9 Å². The molecular weight excluding hydrogens is 350 g/mol. The van der Waals surface area contributed by atoms with Crippen LogP contribution >= 0.6 is 0 Å². The Kier molecular flexibility index (Phi) is 6.22. The van der Waals surface area contributed by atoms with Gasteiger partial charge in [0.2, 0.25) is 0 Å². The second kappa shape index (κ2) is 8.44. The quantitative estimate of drug-likeness (QED) is 0.868. The SMILES string of the molecule is CCCC(c1nc2c(F)cc(F)cc2c(=O)n1CC)N1CCN[C@H](C)CC1. The molecule has 7 heteroatoms. The van der Waals surface area contributed by atoms with Crippen LogP contribution in [0.15, 0.2) is 16.9 Å². The van der Waals surface area contributed by atoms with Crippen LogP contribution in [0.1, 0.15) is 51.9 Å². The van der Waals surface area contributed by atoms with E-state index in [4.69, 9.17) is 0 Å². The van der Waals surface area contributed by atoms with Gasteiger partial charge in [-0.25, -0.2) is 13.8 Å². The van der Waals surface area contributed by atoms with Crippen LogP contribution in [0.3, 0.4) is 0 Å². The van der Waals surface area contributed by atoms with E-state index in [1.165, 1.54) is 0 Å². The maximum atomic E-state index is 14.4. The minimum Gasteiger partial charge on any atom is -0.313 e. The molecule has 0 bridgehead atoms. The predicted molar refractivity (Wildman–Crippen MR) is 103 cm³/mol. The molecular formula is C20H28F2N4O. The highest BCUT2D eigenvalue weighted by Gasteiger charge is 2.27. The Bertz CT molecular complexity index is 867. The standard InChI is InChI=1S/C20H28F2N4O/c1-4-6-17(25-9-7-13(3)23-8-10-25)19-24-18-15(20(27)26(19)5-2)11-14(21)12-16(18)22/h11-13,17,23H,4-10H2,1-3H3/t13-,17?/m1/s1. The van der Waals surface area contributed by atoms with Gasteiger partial charge in [-0.2, -0.15) is 0 Å². The topological polar surface area (TPSA) is 50.2 Å². The van der Waals surface area contributed by atoms with Gasteiger partial charge in [0.1, 0.15) is 17.2 Å². The molecule has 0 spiro atoms. The van der Waals surface area contributed by atoms with Crippen LogP contribution in [-0.4, -0.2) is 40.1 Å². The Morgan fingerprint density at radius 1 is 1.30 bits per heavy atom. The molecule has 27 heavy (non-hydrogen) atoms. The van der Waals surface area contributed by atoms with Crippen LogP contribution in [0.2, 0.25) is 0 Å². The number of rotatable bonds is 5. The molecule has 0 saturated carbocycles. The lowest BCUT2D eigenvalue weighted by Crippen LogP contribution is -2.37. The average molecular weight is 378 g/mol. The first kappa shape index (κ1) is 19.9. The summed E-state index contributed by atoms with van der Waals surface area (Å²) in [5, 5.41) is 3.48. The van der Waals surface area contributed by atoms with E-state index in [1.807, 2.05) is 6.92 Å². The Morgan fingerprint density at radius 3 is 2.78 bits per heavy atom. The van der Waals surface area contributed by atoms with E-state index in [-0.39, 0.29) is 22.5 Å². The molecule has 1 aromatic heterocycles. The summed E-state index contributed by atoms with van der Waals surface area (Å²) in [7, 11) is 0. The molecule has 2 aromatic rings. The summed E-state index contributed by atoms with van der Waals surface area (Å²) >= 11 is 0. The third-order valence-electron chi connectivity index (χ3n) is 5.36. The van der Waals surface area contributed by atoms with E-state index >= 15 is 0 Å². The number of benzene rings is 1. The normalized spacial score (nSPS) is 20.0. The van der Waals surface area contributed by atoms with Crippen LogP contribution in [-0.2, 0) is 6.54 Å². The molecule has 1 saturated heterocycles. The third kappa shape index (κ3) is 4.04. The average Bonchev–Trinajstić information content (AvgIpc) is 2.85. The summed E-state index contributed by atoms with van der Waals surface area (Å²) in [6.07, 6.45) is 2.76. The van der Waals surface area contributed by atoms with E-state index in [9.17, 15) is 13.6 Å². The molecule has 1 aliphatic heterocycles. The minimum absolute atomic E-state index is 0.000459. The maximum Gasteiger partial charge on any atom is 0.261 e. The van der Waals surface area contributed by atoms with E-state index in [0.29, 0.717) is 18.4 Å². The summed E-state index contributed by atoms with van der Waals surface area (Å²) in [4.78, 5) is 19.8. The number of fused-ring (bicyclic) bond motifs is 1.